The zero-order valence-electron chi connectivity index (χ0n) is 17.6. The predicted molar refractivity (Wildman–Crippen MR) is 112 cm³/mol. The van der Waals surface area contributed by atoms with E-state index in [1.807, 2.05) is 35.2 Å². The van der Waals surface area contributed by atoms with Crippen molar-refractivity contribution < 1.29 is 18.8 Å². The Morgan fingerprint density at radius 1 is 1.24 bits per heavy atom. The molecule has 0 spiro atoms. The average molecular weight is 402 g/mol. The van der Waals surface area contributed by atoms with E-state index in [9.17, 15) is 4.79 Å². The first-order valence-corrected chi connectivity index (χ1v) is 10.3. The molecule has 1 fully saturated rings. The fourth-order valence-electron chi connectivity index (χ4n) is 3.72. The van der Waals surface area contributed by atoms with Crippen LogP contribution in [0.15, 0.2) is 34.9 Å². The fourth-order valence-corrected chi connectivity index (χ4v) is 3.72. The normalized spacial score (nSPS) is 16.2. The zero-order chi connectivity index (χ0) is 20.6. The van der Waals surface area contributed by atoms with Crippen LogP contribution in [0.4, 0.5) is 5.88 Å². The molecule has 2 heterocycles. The van der Waals surface area contributed by atoms with Crippen LogP contribution in [0.5, 0.6) is 0 Å². The van der Waals surface area contributed by atoms with E-state index < -0.39 is 0 Å². The minimum atomic E-state index is -0.0614. The van der Waals surface area contributed by atoms with Crippen molar-refractivity contribution in [2.45, 2.75) is 39.3 Å². The molecule has 1 amide bonds. The first-order chi connectivity index (χ1) is 14.2. The molecule has 2 aromatic rings. The molecular weight excluding hydrogens is 370 g/mol. The Labute approximate surface area is 172 Å². The summed E-state index contributed by atoms with van der Waals surface area (Å²) >= 11 is 0. The third kappa shape index (κ3) is 5.16. The third-order valence-corrected chi connectivity index (χ3v) is 5.28. The molecule has 0 aliphatic carbocycles. The minimum Gasteiger partial charge on any atom is -0.376 e. The van der Waals surface area contributed by atoms with Crippen LogP contribution in [0, 0.1) is 0 Å². The number of amides is 1. The summed E-state index contributed by atoms with van der Waals surface area (Å²) < 4.78 is 16.7. The van der Waals surface area contributed by atoms with Crippen LogP contribution in [0.25, 0.3) is 11.3 Å². The number of hydrogen-bond acceptors (Lipinski definition) is 6. The van der Waals surface area contributed by atoms with Crippen LogP contribution in [-0.4, -0.2) is 62.0 Å². The van der Waals surface area contributed by atoms with Gasteiger partial charge in [-0.05, 0) is 26.7 Å². The Kier molecular flexibility index (Phi) is 7.66. The van der Waals surface area contributed by atoms with Crippen LogP contribution < -0.4 is 4.90 Å². The van der Waals surface area contributed by atoms with Crippen molar-refractivity contribution in [3.8, 4) is 11.3 Å². The van der Waals surface area contributed by atoms with Crippen LogP contribution in [0.1, 0.15) is 32.3 Å². The largest absolute Gasteiger partial charge is 0.376 e. The van der Waals surface area contributed by atoms with Gasteiger partial charge in [0.15, 0.2) is 0 Å². The molecule has 0 saturated carbocycles. The van der Waals surface area contributed by atoms with E-state index in [1.54, 1.807) is 0 Å². The molecule has 1 aromatic carbocycles. The molecular formula is C22H31N3O4. The van der Waals surface area contributed by atoms with Crippen molar-refractivity contribution in [1.29, 1.82) is 0 Å². The number of aromatic nitrogens is 1. The lowest BCUT2D eigenvalue weighted by atomic mass is 10.1. The van der Waals surface area contributed by atoms with Gasteiger partial charge in [-0.15, -0.1) is 0 Å². The second-order valence-corrected chi connectivity index (χ2v) is 7.20. The highest BCUT2D eigenvalue weighted by Crippen LogP contribution is 2.32. The van der Waals surface area contributed by atoms with Crippen molar-refractivity contribution >= 4 is 11.8 Å². The Hall–Kier alpha value is -2.38. The van der Waals surface area contributed by atoms with Gasteiger partial charge in [-0.1, -0.05) is 35.5 Å². The summed E-state index contributed by atoms with van der Waals surface area (Å²) in [5.74, 6) is 0.658. The molecule has 1 saturated heterocycles. The van der Waals surface area contributed by atoms with E-state index in [0.29, 0.717) is 13.1 Å². The Bertz CT molecular complexity index is 768. The smallest absolute Gasteiger partial charge is 0.248 e. The highest BCUT2D eigenvalue weighted by Gasteiger charge is 2.28. The first-order valence-electron chi connectivity index (χ1n) is 10.3. The second kappa shape index (κ2) is 10.4. The molecule has 29 heavy (non-hydrogen) atoms. The van der Waals surface area contributed by atoms with E-state index in [1.165, 1.54) is 7.11 Å². The van der Waals surface area contributed by atoms with E-state index in [-0.39, 0.29) is 18.6 Å². The molecule has 7 nitrogen and oxygen atoms in total. The molecule has 0 unspecified atom stereocenters. The third-order valence-electron chi connectivity index (χ3n) is 5.28. The monoisotopic (exact) mass is 401 g/mol. The lowest BCUT2D eigenvalue weighted by molar-refractivity contribution is -0.137. The number of rotatable bonds is 10. The molecule has 1 aliphatic heterocycles. The summed E-state index contributed by atoms with van der Waals surface area (Å²) in [7, 11) is 1.54. The lowest BCUT2D eigenvalue weighted by Crippen LogP contribution is -2.39. The maximum Gasteiger partial charge on any atom is 0.248 e. The number of hydrogen-bond donors (Lipinski definition) is 0. The van der Waals surface area contributed by atoms with Crippen LogP contribution >= 0.6 is 0 Å². The van der Waals surface area contributed by atoms with Gasteiger partial charge >= 0.3 is 0 Å². The highest BCUT2D eigenvalue weighted by atomic mass is 16.5. The summed E-state index contributed by atoms with van der Waals surface area (Å²) in [6.45, 7) is 7.50. The van der Waals surface area contributed by atoms with Crippen molar-refractivity contribution in [3.63, 3.8) is 0 Å². The van der Waals surface area contributed by atoms with Gasteiger partial charge in [-0.25, -0.2) is 0 Å². The maximum atomic E-state index is 12.8. The summed E-state index contributed by atoms with van der Waals surface area (Å²) in [5.41, 5.74) is 2.67. The molecule has 1 aliphatic rings. The Morgan fingerprint density at radius 3 is 2.62 bits per heavy atom. The molecule has 0 N–H and O–H groups in total. The van der Waals surface area contributed by atoms with Gasteiger partial charge in [-0.2, -0.15) is 0 Å². The predicted octanol–water partition coefficient (Wildman–Crippen LogP) is 3.34. The lowest BCUT2D eigenvalue weighted by Gasteiger charge is -2.27. The van der Waals surface area contributed by atoms with Crippen LogP contribution in [0.2, 0.25) is 0 Å². The summed E-state index contributed by atoms with van der Waals surface area (Å²) in [6.07, 6.45) is 2.06. The Balaban J connectivity index is 1.95. The molecule has 7 heteroatoms. The number of benzene rings is 1. The molecule has 3 rings (SSSR count). The van der Waals surface area contributed by atoms with Gasteiger partial charge in [0, 0.05) is 38.9 Å². The summed E-state index contributed by atoms with van der Waals surface area (Å²) in [4.78, 5) is 16.7. The fraction of sp³-hybridized carbons (Fsp3) is 0.545. The second-order valence-electron chi connectivity index (χ2n) is 7.20. The number of carbonyl (C=O) groups is 1. The van der Waals surface area contributed by atoms with Crippen molar-refractivity contribution in [3.05, 3.63) is 35.9 Å². The highest BCUT2D eigenvalue weighted by molar-refractivity contribution is 5.78. The average Bonchev–Trinajstić information content (AvgIpc) is 3.40. The number of methoxy groups -OCH3 is 1. The van der Waals surface area contributed by atoms with Gasteiger partial charge < -0.3 is 23.8 Å². The molecule has 0 radical (unpaired) electrons. The van der Waals surface area contributed by atoms with Crippen LogP contribution in [-0.2, 0) is 20.8 Å². The van der Waals surface area contributed by atoms with E-state index in [4.69, 9.17) is 14.0 Å². The Morgan fingerprint density at radius 2 is 2.00 bits per heavy atom. The number of anilines is 1. The van der Waals surface area contributed by atoms with E-state index in [2.05, 4.69) is 23.9 Å². The van der Waals surface area contributed by atoms with Gasteiger partial charge in [0.2, 0.25) is 11.8 Å². The van der Waals surface area contributed by atoms with Gasteiger partial charge in [-0.3, -0.25) is 4.79 Å². The topological polar surface area (TPSA) is 68.0 Å². The quantitative estimate of drug-likeness (QED) is 0.608. The minimum absolute atomic E-state index is 0.0409. The van der Waals surface area contributed by atoms with Crippen molar-refractivity contribution in [2.75, 3.05) is 44.9 Å². The van der Waals surface area contributed by atoms with Crippen molar-refractivity contribution in [2.24, 2.45) is 0 Å². The number of ether oxygens (including phenoxy) is 2. The molecule has 0 bridgehead atoms. The van der Waals surface area contributed by atoms with Crippen molar-refractivity contribution in [1.82, 2.24) is 10.1 Å². The van der Waals surface area contributed by atoms with E-state index in [0.717, 1.165) is 55.2 Å². The van der Waals surface area contributed by atoms with Crippen LogP contribution in [0.3, 0.4) is 0 Å². The standard InChI is InChI=1S/C22H31N3O4/c1-4-24(5-2)22-19(21(23-29-22)17-10-7-6-8-11-17)15-25(20(26)16-27-3)14-18-12-9-13-28-18/h6-8,10-11,18H,4-5,9,12-16H2,1-3H3/t18-/m0/s1. The van der Waals surface area contributed by atoms with Gasteiger partial charge in [0.05, 0.1) is 18.2 Å². The van der Waals surface area contributed by atoms with Gasteiger partial charge in [0.1, 0.15) is 12.3 Å². The molecule has 1 aromatic heterocycles. The summed E-state index contributed by atoms with van der Waals surface area (Å²) in [6, 6.07) is 9.94. The maximum absolute atomic E-state index is 12.8. The number of carbonyl (C=O) groups excluding carboxylic acids is 1. The zero-order valence-corrected chi connectivity index (χ0v) is 17.6. The summed E-state index contributed by atoms with van der Waals surface area (Å²) in [5, 5.41) is 4.38. The number of nitrogens with zero attached hydrogens (tertiary/aromatic N) is 3. The van der Waals surface area contributed by atoms with E-state index >= 15 is 0 Å². The SMILES string of the molecule is CCN(CC)c1onc(-c2ccccc2)c1CN(C[C@@H]1CCCO1)C(=O)COC. The van der Waals surface area contributed by atoms with Gasteiger partial charge in [0.25, 0.3) is 0 Å². The first kappa shape index (κ1) is 21.3. The molecule has 1 atom stereocenters. The molecule has 158 valence electrons.